The molecule has 0 bridgehead atoms. The molecular formula is C23H31N5O. The maximum absolute atomic E-state index is 12.8. The Balaban J connectivity index is 1.16. The van der Waals surface area contributed by atoms with Crippen LogP contribution >= 0.6 is 0 Å². The van der Waals surface area contributed by atoms with Gasteiger partial charge >= 0.3 is 0 Å². The van der Waals surface area contributed by atoms with Crippen LogP contribution in [0.4, 0.5) is 5.82 Å². The van der Waals surface area contributed by atoms with Gasteiger partial charge in [-0.15, -0.1) is 0 Å². The third kappa shape index (κ3) is 5.54. The molecule has 2 aromatic rings. The van der Waals surface area contributed by atoms with Crippen molar-refractivity contribution in [2.24, 2.45) is 5.92 Å². The zero-order valence-electron chi connectivity index (χ0n) is 17.1. The Kier molecular flexibility index (Phi) is 6.72. The third-order valence-corrected chi connectivity index (χ3v) is 6.26. The Labute approximate surface area is 173 Å². The van der Waals surface area contributed by atoms with Gasteiger partial charge in [0.05, 0.1) is 12.7 Å². The van der Waals surface area contributed by atoms with Crippen molar-refractivity contribution in [3.63, 3.8) is 0 Å². The van der Waals surface area contributed by atoms with E-state index in [9.17, 15) is 4.79 Å². The van der Waals surface area contributed by atoms with E-state index < -0.39 is 0 Å². The summed E-state index contributed by atoms with van der Waals surface area (Å²) in [7, 11) is 0. The van der Waals surface area contributed by atoms with Gasteiger partial charge in [0, 0.05) is 51.7 Å². The molecule has 2 fully saturated rings. The average Bonchev–Trinajstić information content (AvgIpc) is 2.80. The van der Waals surface area contributed by atoms with Crippen LogP contribution in [0.15, 0.2) is 48.9 Å². The zero-order valence-corrected chi connectivity index (χ0v) is 17.1. The molecule has 4 rings (SSSR count). The van der Waals surface area contributed by atoms with Crippen LogP contribution in [-0.4, -0.2) is 71.5 Å². The fraction of sp³-hybridized carbons (Fsp3) is 0.522. The highest BCUT2D eigenvalue weighted by molar-refractivity contribution is 5.78. The van der Waals surface area contributed by atoms with Crippen molar-refractivity contribution >= 4 is 11.7 Å². The van der Waals surface area contributed by atoms with Gasteiger partial charge in [-0.05, 0) is 37.2 Å². The predicted molar refractivity (Wildman–Crippen MR) is 115 cm³/mol. The maximum Gasteiger partial charge on any atom is 0.236 e. The molecule has 0 radical (unpaired) electrons. The lowest BCUT2D eigenvalue weighted by molar-refractivity contribution is -0.133. The van der Waals surface area contributed by atoms with E-state index in [1.54, 1.807) is 12.4 Å². The number of aryl methyl sites for hydroxylation is 1. The van der Waals surface area contributed by atoms with Gasteiger partial charge in [0.2, 0.25) is 5.91 Å². The van der Waals surface area contributed by atoms with Crippen LogP contribution < -0.4 is 4.90 Å². The molecule has 1 amide bonds. The fourth-order valence-corrected chi connectivity index (χ4v) is 4.37. The van der Waals surface area contributed by atoms with Crippen LogP contribution in [0.3, 0.4) is 0 Å². The van der Waals surface area contributed by atoms with Crippen molar-refractivity contribution in [3.05, 3.63) is 54.5 Å². The van der Waals surface area contributed by atoms with Crippen LogP contribution in [0.1, 0.15) is 24.8 Å². The largest absolute Gasteiger partial charge is 0.353 e. The van der Waals surface area contributed by atoms with Gasteiger partial charge in [0.25, 0.3) is 0 Å². The summed E-state index contributed by atoms with van der Waals surface area (Å²) in [6.07, 6.45) is 9.89. The van der Waals surface area contributed by atoms with E-state index in [4.69, 9.17) is 0 Å². The molecule has 0 spiro atoms. The van der Waals surface area contributed by atoms with E-state index >= 15 is 0 Å². The van der Waals surface area contributed by atoms with Crippen molar-refractivity contribution in [1.82, 2.24) is 19.8 Å². The highest BCUT2D eigenvalue weighted by Gasteiger charge is 2.25. The van der Waals surface area contributed by atoms with Crippen molar-refractivity contribution in [3.8, 4) is 0 Å². The minimum Gasteiger partial charge on any atom is -0.353 e. The number of likely N-dealkylation sites (tertiary alicyclic amines) is 1. The van der Waals surface area contributed by atoms with Crippen molar-refractivity contribution < 1.29 is 4.79 Å². The molecule has 1 aromatic carbocycles. The monoisotopic (exact) mass is 393 g/mol. The summed E-state index contributed by atoms with van der Waals surface area (Å²) in [5.74, 6) is 1.96. The number of benzene rings is 1. The molecule has 6 nitrogen and oxygen atoms in total. The van der Waals surface area contributed by atoms with Gasteiger partial charge in [-0.1, -0.05) is 30.3 Å². The lowest BCUT2D eigenvalue weighted by atomic mass is 9.90. The minimum absolute atomic E-state index is 0.291. The first-order valence-electron chi connectivity index (χ1n) is 10.8. The van der Waals surface area contributed by atoms with Gasteiger partial charge in [0.15, 0.2) is 0 Å². The predicted octanol–water partition coefficient (Wildman–Crippen LogP) is 2.47. The number of carbonyl (C=O) groups excluding carboxylic acids is 1. The van der Waals surface area contributed by atoms with Gasteiger partial charge in [0.1, 0.15) is 5.82 Å². The molecule has 0 atom stereocenters. The topological polar surface area (TPSA) is 52.6 Å². The second kappa shape index (κ2) is 9.83. The van der Waals surface area contributed by atoms with Crippen LogP contribution in [0.2, 0.25) is 0 Å². The van der Waals surface area contributed by atoms with E-state index in [2.05, 4.69) is 55.0 Å². The Bertz CT molecular complexity index is 753. The number of amides is 1. The molecule has 6 heteroatoms. The van der Waals surface area contributed by atoms with E-state index in [0.29, 0.717) is 12.5 Å². The summed E-state index contributed by atoms with van der Waals surface area (Å²) in [6.45, 7) is 5.96. The molecule has 0 saturated carbocycles. The first kappa shape index (κ1) is 19.8. The van der Waals surface area contributed by atoms with Gasteiger partial charge in [-0.3, -0.25) is 14.7 Å². The minimum atomic E-state index is 0.291. The molecule has 0 unspecified atom stereocenters. The van der Waals surface area contributed by atoms with E-state index in [1.807, 2.05) is 6.20 Å². The summed E-state index contributed by atoms with van der Waals surface area (Å²) in [6, 6.07) is 10.7. The van der Waals surface area contributed by atoms with E-state index in [1.165, 1.54) is 12.0 Å². The number of rotatable bonds is 6. The number of hydrogen-bond acceptors (Lipinski definition) is 5. The Hall–Kier alpha value is -2.47. The SMILES string of the molecule is O=C(CN1CCN(c2cnccn2)CC1)N1CCC(CCc2ccccc2)CC1. The number of aromatic nitrogens is 2. The summed E-state index contributed by atoms with van der Waals surface area (Å²) in [5, 5.41) is 0. The van der Waals surface area contributed by atoms with Crippen molar-refractivity contribution in [1.29, 1.82) is 0 Å². The first-order chi connectivity index (χ1) is 14.3. The lowest BCUT2D eigenvalue weighted by Crippen LogP contribution is -2.51. The van der Waals surface area contributed by atoms with Crippen molar-refractivity contribution in [2.45, 2.75) is 25.7 Å². The number of piperazine rings is 1. The molecule has 29 heavy (non-hydrogen) atoms. The van der Waals surface area contributed by atoms with Crippen LogP contribution in [0, 0.1) is 5.92 Å². The standard InChI is InChI=1S/C23H31N5O/c29-23(19-26-14-16-27(17-15-26)22-18-24-10-11-25-22)28-12-8-21(9-13-28)7-6-20-4-2-1-3-5-20/h1-5,10-11,18,21H,6-9,12-17,19H2. The molecule has 2 aliphatic heterocycles. The quantitative estimate of drug-likeness (QED) is 0.755. The van der Waals surface area contributed by atoms with Crippen LogP contribution in [0.5, 0.6) is 0 Å². The molecule has 1 aromatic heterocycles. The maximum atomic E-state index is 12.8. The van der Waals surface area contributed by atoms with Gasteiger partial charge in [-0.25, -0.2) is 4.98 Å². The van der Waals surface area contributed by atoms with E-state index in [0.717, 1.165) is 70.3 Å². The summed E-state index contributed by atoms with van der Waals surface area (Å²) >= 11 is 0. The molecule has 2 saturated heterocycles. The molecular weight excluding hydrogens is 362 g/mol. The number of nitrogens with zero attached hydrogens (tertiary/aromatic N) is 5. The average molecular weight is 394 g/mol. The first-order valence-corrected chi connectivity index (χ1v) is 10.8. The van der Waals surface area contributed by atoms with E-state index in [-0.39, 0.29) is 0 Å². The number of piperidine rings is 1. The molecule has 0 aliphatic carbocycles. The second-order valence-electron chi connectivity index (χ2n) is 8.18. The van der Waals surface area contributed by atoms with Gasteiger partial charge < -0.3 is 9.80 Å². The lowest BCUT2D eigenvalue weighted by Gasteiger charge is -2.37. The summed E-state index contributed by atoms with van der Waals surface area (Å²) < 4.78 is 0. The summed E-state index contributed by atoms with van der Waals surface area (Å²) in [5.41, 5.74) is 1.42. The molecule has 154 valence electrons. The van der Waals surface area contributed by atoms with Crippen LogP contribution in [-0.2, 0) is 11.2 Å². The molecule has 0 N–H and O–H groups in total. The second-order valence-corrected chi connectivity index (χ2v) is 8.18. The Morgan fingerprint density at radius 2 is 1.72 bits per heavy atom. The highest BCUT2D eigenvalue weighted by Crippen LogP contribution is 2.23. The normalized spacial score (nSPS) is 18.8. The van der Waals surface area contributed by atoms with Crippen LogP contribution in [0.25, 0.3) is 0 Å². The Morgan fingerprint density at radius 3 is 2.41 bits per heavy atom. The number of anilines is 1. The highest BCUT2D eigenvalue weighted by atomic mass is 16.2. The number of hydrogen-bond donors (Lipinski definition) is 0. The third-order valence-electron chi connectivity index (χ3n) is 6.26. The van der Waals surface area contributed by atoms with Crippen molar-refractivity contribution in [2.75, 3.05) is 50.7 Å². The van der Waals surface area contributed by atoms with Gasteiger partial charge in [-0.2, -0.15) is 0 Å². The fourth-order valence-electron chi connectivity index (χ4n) is 4.37. The molecule has 2 aliphatic rings. The number of carbonyl (C=O) groups is 1. The smallest absolute Gasteiger partial charge is 0.236 e. The Morgan fingerprint density at radius 1 is 0.966 bits per heavy atom. The summed E-state index contributed by atoms with van der Waals surface area (Å²) in [4.78, 5) is 27.9. The zero-order chi connectivity index (χ0) is 19.9. The molecule has 3 heterocycles.